The monoisotopic (exact) mass is 480 g/mol. The normalized spacial score (nSPS) is 12.1. The second-order valence-corrected chi connectivity index (χ2v) is 8.49. The molecular weight excluding hydrogens is 460 g/mol. The smallest absolute Gasteiger partial charge is 0.341 e. The number of nitro groups is 1. The quantitative estimate of drug-likeness (QED) is 0.225. The molecule has 4 rings (SSSR count). The highest BCUT2D eigenvalue weighted by atomic mass is 32.1. The standard InChI is InChI=1S/C24H20N2O7S/c1-14-20(12-16-5-9-18-19(11-16)33-13-32-18)34-23(22(14)24(28)31-2)25-21(27)10-6-15-3-7-17(8-4-15)26(29)30/h3-11H,12-13H2,1-2H3,(H,25,27)/b10-6+. The van der Waals surface area contributed by atoms with E-state index < -0.39 is 16.8 Å². The van der Waals surface area contributed by atoms with Gasteiger partial charge in [-0.25, -0.2) is 4.79 Å². The number of fused-ring (bicyclic) bond motifs is 1. The number of non-ortho nitro benzene ring substituents is 1. The van der Waals surface area contributed by atoms with Gasteiger partial charge in [0.2, 0.25) is 12.7 Å². The zero-order chi connectivity index (χ0) is 24.2. The summed E-state index contributed by atoms with van der Waals surface area (Å²) < 4.78 is 15.7. The Labute approximate surface area is 198 Å². The van der Waals surface area contributed by atoms with Crippen molar-refractivity contribution >= 4 is 40.0 Å². The Hall–Kier alpha value is -4.18. The van der Waals surface area contributed by atoms with Crippen LogP contribution in [0.4, 0.5) is 10.7 Å². The van der Waals surface area contributed by atoms with Crippen molar-refractivity contribution < 1.29 is 28.7 Å². The Morgan fingerprint density at radius 1 is 1.18 bits per heavy atom. The van der Waals surface area contributed by atoms with Crippen LogP contribution in [0.15, 0.2) is 48.5 Å². The highest BCUT2D eigenvalue weighted by molar-refractivity contribution is 7.17. The molecule has 174 valence electrons. The van der Waals surface area contributed by atoms with Crippen molar-refractivity contribution in [3.63, 3.8) is 0 Å². The van der Waals surface area contributed by atoms with Crippen molar-refractivity contribution in [1.82, 2.24) is 0 Å². The first-order valence-electron chi connectivity index (χ1n) is 10.2. The van der Waals surface area contributed by atoms with Gasteiger partial charge in [-0.3, -0.25) is 14.9 Å². The SMILES string of the molecule is COC(=O)c1c(NC(=O)/C=C/c2ccc([N+](=O)[O-])cc2)sc(Cc2ccc3c(c2)OCO3)c1C. The van der Waals surface area contributed by atoms with Crippen molar-refractivity contribution in [2.45, 2.75) is 13.3 Å². The number of carbonyl (C=O) groups excluding carboxylic acids is 2. The number of rotatable bonds is 7. The molecule has 0 atom stereocenters. The van der Waals surface area contributed by atoms with Gasteiger partial charge >= 0.3 is 5.97 Å². The van der Waals surface area contributed by atoms with Gasteiger partial charge in [0.1, 0.15) is 5.00 Å². The van der Waals surface area contributed by atoms with Crippen LogP contribution in [0.2, 0.25) is 0 Å². The lowest BCUT2D eigenvalue weighted by Gasteiger charge is -2.04. The number of nitro benzene ring substituents is 1. The van der Waals surface area contributed by atoms with Gasteiger partial charge in [0.15, 0.2) is 11.5 Å². The number of benzene rings is 2. The topological polar surface area (TPSA) is 117 Å². The first-order chi connectivity index (χ1) is 16.4. The summed E-state index contributed by atoms with van der Waals surface area (Å²) >= 11 is 1.30. The third-order valence-electron chi connectivity index (χ3n) is 5.20. The molecule has 0 unspecified atom stereocenters. The lowest BCUT2D eigenvalue weighted by atomic mass is 10.1. The number of ether oxygens (including phenoxy) is 3. The summed E-state index contributed by atoms with van der Waals surface area (Å²) in [4.78, 5) is 36.2. The molecule has 1 amide bonds. The number of methoxy groups -OCH3 is 1. The maximum atomic E-state index is 12.5. The molecule has 1 N–H and O–H groups in total. The third kappa shape index (κ3) is 4.91. The van der Waals surface area contributed by atoms with E-state index >= 15 is 0 Å². The molecule has 1 aliphatic heterocycles. The van der Waals surface area contributed by atoms with Gasteiger partial charge in [0, 0.05) is 29.5 Å². The number of nitrogens with zero attached hydrogens (tertiary/aromatic N) is 1. The molecule has 0 bridgehead atoms. The fraction of sp³-hybridized carbons (Fsp3) is 0.167. The van der Waals surface area contributed by atoms with E-state index in [0.717, 1.165) is 16.0 Å². The summed E-state index contributed by atoms with van der Waals surface area (Å²) in [6, 6.07) is 11.5. The van der Waals surface area contributed by atoms with Crippen molar-refractivity contribution in [1.29, 1.82) is 0 Å². The molecule has 0 radical (unpaired) electrons. The number of anilines is 1. The lowest BCUT2D eigenvalue weighted by molar-refractivity contribution is -0.384. The number of thiophene rings is 1. The van der Waals surface area contributed by atoms with Crippen LogP contribution in [0.25, 0.3) is 6.08 Å². The minimum atomic E-state index is -0.541. The van der Waals surface area contributed by atoms with Gasteiger partial charge in [-0.15, -0.1) is 11.3 Å². The summed E-state index contributed by atoms with van der Waals surface area (Å²) in [6.07, 6.45) is 3.37. The Morgan fingerprint density at radius 3 is 2.62 bits per heavy atom. The summed E-state index contributed by atoms with van der Waals surface area (Å²) in [6.45, 7) is 2.00. The first-order valence-corrected chi connectivity index (χ1v) is 11.0. The van der Waals surface area contributed by atoms with Crippen LogP contribution in [0, 0.1) is 17.0 Å². The predicted octanol–water partition coefficient (Wildman–Crippen LogP) is 4.72. The molecule has 2 aromatic carbocycles. The van der Waals surface area contributed by atoms with Crippen molar-refractivity contribution in [3.05, 3.63) is 85.8 Å². The fourth-order valence-corrected chi connectivity index (χ4v) is 4.66. The summed E-state index contributed by atoms with van der Waals surface area (Å²) in [5.41, 5.74) is 2.60. The number of esters is 1. The second-order valence-electron chi connectivity index (χ2n) is 7.38. The van der Waals surface area contributed by atoms with E-state index in [9.17, 15) is 19.7 Å². The molecule has 0 saturated heterocycles. The van der Waals surface area contributed by atoms with Crippen molar-refractivity contribution in [2.75, 3.05) is 19.2 Å². The molecule has 0 spiro atoms. The zero-order valence-electron chi connectivity index (χ0n) is 18.3. The van der Waals surface area contributed by atoms with Crippen LogP contribution < -0.4 is 14.8 Å². The highest BCUT2D eigenvalue weighted by Gasteiger charge is 2.23. The minimum Gasteiger partial charge on any atom is -0.465 e. The van der Waals surface area contributed by atoms with Crippen LogP contribution in [0.3, 0.4) is 0 Å². The first kappa shape index (κ1) is 23.0. The van der Waals surface area contributed by atoms with E-state index in [4.69, 9.17) is 14.2 Å². The van der Waals surface area contributed by atoms with Gasteiger partial charge < -0.3 is 19.5 Å². The molecule has 9 nitrogen and oxygen atoms in total. The van der Waals surface area contributed by atoms with Crippen LogP contribution in [0.5, 0.6) is 11.5 Å². The van der Waals surface area contributed by atoms with Crippen molar-refractivity contribution in [2.24, 2.45) is 0 Å². The van der Waals surface area contributed by atoms with Crippen LogP contribution in [0.1, 0.15) is 31.9 Å². The van der Waals surface area contributed by atoms with E-state index in [2.05, 4.69) is 5.32 Å². The average Bonchev–Trinajstić information content (AvgIpc) is 3.41. The highest BCUT2D eigenvalue weighted by Crippen LogP contribution is 2.37. The summed E-state index contributed by atoms with van der Waals surface area (Å²) in [5, 5.41) is 13.9. The van der Waals surface area contributed by atoms with Crippen LogP contribution in [-0.4, -0.2) is 30.7 Å². The molecule has 34 heavy (non-hydrogen) atoms. The Bertz CT molecular complexity index is 1300. The fourth-order valence-electron chi connectivity index (χ4n) is 3.43. The van der Waals surface area contributed by atoms with E-state index in [-0.39, 0.29) is 12.5 Å². The van der Waals surface area contributed by atoms with E-state index in [1.165, 1.54) is 42.7 Å². The Kier molecular flexibility index (Phi) is 6.60. The maximum Gasteiger partial charge on any atom is 0.341 e. The summed E-state index contributed by atoms with van der Waals surface area (Å²) in [5.74, 6) is 0.374. The number of hydrogen-bond acceptors (Lipinski definition) is 8. The average molecular weight is 480 g/mol. The van der Waals surface area contributed by atoms with Gasteiger partial charge in [-0.1, -0.05) is 6.07 Å². The molecule has 10 heteroatoms. The minimum absolute atomic E-state index is 0.0339. The van der Waals surface area contributed by atoms with E-state index in [0.29, 0.717) is 34.0 Å². The Balaban J connectivity index is 1.53. The van der Waals surface area contributed by atoms with Crippen LogP contribution >= 0.6 is 11.3 Å². The molecule has 2 heterocycles. The lowest BCUT2D eigenvalue weighted by Crippen LogP contribution is -2.11. The second kappa shape index (κ2) is 9.75. The third-order valence-corrected chi connectivity index (χ3v) is 6.41. The van der Waals surface area contributed by atoms with E-state index in [1.807, 2.05) is 25.1 Å². The van der Waals surface area contributed by atoms with Gasteiger partial charge in [-0.05, 0) is 54.0 Å². The number of amides is 1. The Morgan fingerprint density at radius 2 is 1.91 bits per heavy atom. The van der Waals surface area contributed by atoms with Crippen molar-refractivity contribution in [3.8, 4) is 11.5 Å². The summed E-state index contributed by atoms with van der Waals surface area (Å²) in [7, 11) is 1.29. The van der Waals surface area contributed by atoms with Gasteiger partial charge in [0.05, 0.1) is 17.6 Å². The molecule has 1 aromatic heterocycles. The van der Waals surface area contributed by atoms with E-state index in [1.54, 1.807) is 12.1 Å². The maximum absolute atomic E-state index is 12.5. The largest absolute Gasteiger partial charge is 0.465 e. The molecule has 0 fully saturated rings. The molecule has 0 aliphatic carbocycles. The van der Waals surface area contributed by atoms with Gasteiger partial charge in [0.25, 0.3) is 5.69 Å². The molecule has 0 saturated carbocycles. The number of nitrogens with one attached hydrogen (secondary N) is 1. The number of carbonyl (C=O) groups is 2. The zero-order valence-corrected chi connectivity index (χ0v) is 19.1. The molecular formula is C24H20N2O7S. The number of hydrogen-bond donors (Lipinski definition) is 1. The predicted molar refractivity (Wildman–Crippen MR) is 127 cm³/mol. The van der Waals surface area contributed by atoms with Gasteiger partial charge in [-0.2, -0.15) is 0 Å². The molecule has 3 aromatic rings. The molecule has 1 aliphatic rings. The van der Waals surface area contributed by atoms with Crippen LogP contribution in [-0.2, 0) is 16.0 Å².